The maximum atomic E-state index is 13.2. The molecule has 0 aliphatic heterocycles. The minimum atomic E-state index is -1.09. The maximum Gasteiger partial charge on any atom is 0.407 e. The molecular formula is C26H41N3O7. The molecule has 0 spiro atoms. The molecule has 0 aromatic heterocycles. The number of Topliss-reactive ketones (excluding diaryl/α,β-unsaturated/α-hetero) is 1. The van der Waals surface area contributed by atoms with Crippen molar-refractivity contribution in [2.24, 2.45) is 5.92 Å². The van der Waals surface area contributed by atoms with Gasteiger partial charge in [-0.15, -0.1) is 0 Å². The van der Waals surface area contributed by atoms with E-state index in [-0.39, 0.29) is 31.6 Å². The van der Waals surface area contributed by atoms with Crippen LogP contribution in [-0.4, -0.2) is 75.4 Å². The molecule has 202 valence electrons. The summed E-state index contributed by atoms with van der Waals surface area (Å²) in [5, 5.41) is 7.90. The van der Waals surface area contributed by atoms with E-state index in [1.807, 2.05) is 51.1 Å². The largest absolute Gasteiger partial charge is 0.447 e. The molecule has 0 saturated heterocycles. The van der Waals surface area contributed by atoms with Crippen LogP contribution in [0.25, 0.3) is 0 Å². The van der Waals surface area contributed by atoms with E-state index in [2.05, 4.69) is 16.0 Å². The van der Waals surface area contributed by atoms with Crippen molar-refractivity contribution in [2.45, 2.75) is 65.1 Å². The number of carbonyl (C=O) groups excluding carboxylic acids is 4. The first-order valence-corrected chi connectivity index (χ1v) is 12.4. The fourth-order valence-electron chi connectivity index (χ4n) is 3.21. The highest BCUT2D eigenvalue weighted by Crippen LogP contribution is 2.09. The van der Waals surface area contributed by atoms with Crippen LogP contribution in [0.4, 0.5) is 4.79 Å². The number of ketones is 1. The van der Waals surface area contributed by atoms with Crippen LogP contribution in [0.15, 0.2) is 30.3 Å². The molecule has 2 unspecified atom stereocenters. The highest BCUT2D eigenvalue weighted by atomic mass is 16.6. The fourth-order valence-corrected chi connectivity index (χ4v) is 3.21. The Labute approximate surface area is 213 Å². The number of nitrogens with one attached hydrogen (secondary N) is 3. The summed E-state index contributed by atoms with van der Waals surface area (Å²) in [4.78, 5) is 51.0. The van der Waals surface area contributed by atoms with Crippen molar-refractivity contribution in [1.82, 2.24) is 16.0 Å². The number of alkyl carbamates (subject to hydrolysis) is 1. The number of ether oxygens (including phenoxy) is 3. The van der Waals surface area contributed by atoms with E-state index in [4.69, 9.17) is 14.2 Å². The molecule has 0 aliphatic carbocycles. The monoisotopic (exact) mass is 507 g/mol. The molecule has 1 rings (SSSR count). The van der Waals surface area contributed by atoms with E-state index in [0.29, 0.717) is 26.1 Å². The van der Waals surface area contributed by atoms with Crippen LogP contribution >= 0.6 is 0 Å². The van der Waals surface area contributed by atoms with Gasteiger partial charge in [0.15, 0.2) is 0 Å². The lowest BCUT2D eigenvalue weighted by Gasteiger charge is -2.24. The molecule has 36 heavy (non-hydrogen) atoms. The predicted octanol–water partition coefficient (Wildman–Crippen LogP) is 2.00. The molecule has 10 nitrogen and oxygen atoms in total. The quantitative estimate of drug-likeness (QED) is 0.217. The Kier molecular flexibility index (Phi) is 15.1. The van der Waals surface area contributed by atoms with E-state index in [1.54, 1.807) is 14.0 Å². The Balaban J connectivity index is 2.88. The second kappa shape index (κ2) is 17.4. The molecule has 0 bridgehead atoms. The number of benzene rings is 1. The lowest BCUT2D eigenvalue weighted by atomic mass is 9.99. The third kappa shape index (κ3) is 12.6. The van der Waals surface area contributed by atoms with Crippen molar-refractivity contribution in [3.8, 4) is 0 Å². The second-order valence-corrected chi connectivity index (χ2v) is 8.97. The Hall–Kier alpha value is -2.98. The molecule has 0 radical (unpaired) electrons. The van der Waals surface area contributed by atoms with Crippen LogP contribution in [0.1, 0.15) is 46.1 Å². The Morgan fingerprint density at radius 1 is 0.861 bits per heavy atom. The van der Waals surface area contributed by atoms with Gasteiger partial charge in [-0.1, -0.05) is 51.1 Å². The molecule has 10 heteroatoms. The van der Waals surface area contributed by atoms with Gasteiger partial charge >= 0.3 is 6.09 Å². The molecule has 3 amide bonds. The van der Waals surface area contributed by atoms with Gasteiger partial charge < -0.3 is 30.2 Å². The van der Waals surface area contributed by atoms with Crippen molar-refractivity contribution < 1.29 is 33.4 Å². The number of hydrogen-bond donors (Lipinski definition) is 3. The number of rotatable bonds is 17. The van der Waals surface area contributed by atoms with Gasteiger partial charge in [0.2, 0.25) is 11.7 Å². The number of amides is 3. The summed E-state index contributed by atoms with van der Waals surface area (Å²) in [6, 6.07) is 6.88. The third-order valence-electron chi connectivity index (χ3n) is 5.34. The van der Waals surface area contributed by atoms with Gasteiger partial charge in [0, 0.05) is 19.6 Å². The summed E-state index contributed by atoms with van der Waals surface area (Å²) in [5.74, 6) is -2.00. The van der Waals surface area contributed by atoms with Gasteiger partial charge in [-0.25, -0.2) is 4.79 Å². The van der Waals surface area contributed by atoms with Crippen molar-refractivity contribution >= 4 is 23.7 Å². The van der Waals surface area contributed by atoms with Gasteiger partial charge in [0.25, 0.3) is 5.91 Å². The highest BCUT2D eigenvalue weighted by molar-refractivity contribution is 6.38. The van der Waals surface area contributed by atoms with Crippen molar-refractivity contribution in [2.75, 3.05) is 33.5 Å². The van der Waals surface area contributed by atoms with Crippen molar-refractivity contribution in [3.05, 3.63) is 35.9 Å². The Morgan fingerprint density at radius 2 is 1.53 bits per heavy atom. The minimum Gasteiger partial charge on any atom is -0.447 e. The Morgan fingerprint density at radius 3 is 2.14 bits per heavy atom. The molecule has 3 atom stereocenters. The van der Waals surface area contributed by atoms with Gasteiger partial charge in [-0.2, -0.15) is 0 Å². The van der Waals surface area contributed by atoms with Gasteiger partial charge in [-0.05, 0) is 31.2 Å². The molecule has 0 aliphatic rings. The van der Waals surface area contributed by atoms with Crippen LogP contribution in [-0.2, 0) is 35.0 Å². The summed E-state index contributed by atoms with van der Waals surface area (Å²) in [6.07, 6.45) is 0.342. The van der Waals surface area contributed by atoms with Crippen LogP contribution in [0.2, 0.25) is 0 Å². The van der Waals surface area contributed by atoms with E-state index in [0.717, 1.165) is 5.56 Å². The second-order valence-electron chi connectivity index (χ2n) is 8.97. The van der Waals surface area contributed by atoms with E-state index in [9.17, 15) is 19.2 Å². The lowest BCUT2D eigenvalue weighted by Crippen LogP contribution is -2.55. The standard InChI is InChI=1S/C26H41N3O7/c1-6-19(4)27-25(32)23(30)21(17-20-10-8-7-9-11-20)28-24(31)22(16-18(2)3)29-26(33)36-15-14-35-13-12-34-5/h7-11,18-19,21-22H,6,12-17H2,1-5H3,(H,27,32)(H,28,31)(H,29,33)/t19?,21-,22?/m0/s1. The molecule has 3 N–H and O–H groups in total. The topological polar surface area (TPSA) is 132 Å². The summed E-state index contributed by atoms with van der Waals surface area (Å²) < 4.78 is 15.2. The van der Waals surface area contributed by atoms with Crippen molar-refractivity contribution in [3.63, 3.8) is 0 Å². The molecule has 0 saturated carbocycles. The van der Waals surface area contributed by atoms with Gasteiger partial charge in [-0.3, -0.25) is 14.4 Å². The van der Waals surface area contributed by atoms with E-state index in [1.165, 1.54) is 0 Å². The number of methoxy groups -OCH3 is 1. The van der Waals surface area contributed by atoms with Crippen molar-refractivity contribution in [1.29, 1.82) is 0 Å². The average molecular weight is 508 g/mol. The van der Waals surface area contributed by atoms with Crippen LogP contribution in [0, 0.1) is 5.92 Å². The lowest BCUT2D eigenvalue weighted by molar-refractivity contribution is -0.140. The van der Waals surface area contributed by atoms with E-state index >= 15 is 0 Å². The first kappa shape index (κ1) is 31.1. The SMILES string of the molecule is CCC(C)NC(=O)C(=O)[C@H](Cc1ccccc1)NC(=O)C(CC(C)C)NC(=O)OCCOCCOC. The molecule has 0 heterocycles. The number of hydrogen-bond acceptors (Lipinski definition) is 7. The zero-order chi connectivity index (χ0) is 26.9. The highest BCUT2D eigenvalue weighted by Gasteiger charge is 2.31. The first-order valence-electron chi connectivity index (χ1n) is 12.4. The summed E-state index contributed by atoms with van der Waals surface area (Å²) in [7, 11) is 1.56. The minimum absolute atomic E-state index is 0.0104. The number of carbonyl (C=O) groups is 4. The summed E-state index contributed by atoms with van der Waals surface area (Å²) in [6.45, 7) is 8.51. The average Bonchev–Trinajstić information content (AvgIpc) is 2.85. The third-order valence-corrected chi connectivity index (χ3v) is 5.34. The fraction of sp³-hybridized carbons (Fsp3) is 0.615. The Bertz CT molecular complexity index is 817. The molecule has 0 fully saturated rings. The predicted molar refractivity (Wildman–Crippen MR) is 135 cm³/mol. The summed E-state index contributed by atoms with van der Waals surface area (Å²) >= 11 is 0. The normalized spacial score (nSPS) is 13.4. The van der Waals surface area contributed by atoms with Crippen LogP contribution in [0.3, 0.4) is 0 Å². The zero-order valence-corrected chi connectivity index (χ0v) is 22.0. The molecular weight excluding hydrogens is 466 g/mol. The molecule has 1 aromatic carbocycles. The smallest absolute Gasteiger partial charge is 0.407 e. The first-order chi connectivity index (χ1) is 17.2. The van der Waals surface area contributed by atoms with Crippen LogP contribution < -0.4 is 16.0 Å². The summed E-state index contributed by atoms with van der Waals surface area (Å²) in [5.41, 5.74) is 0.786. The van der Waals surface area contributed by atoms with E-state index < -0.39 is 35.8 Å². The van der Waals surface area contributed by atoms with Crippen LogP contribution in [0.5, 0.6) is 0 Å². The van der Waals surface area contributed by atoms with Gasteiger partial charge in [0.05, 0.1) is 19.8 Å². The zero-order valence-electron chi connectivity index (χ0n) is 22.0. The molecule has 1 aromatic rings. The maximum absolute atomic E-state index is 13.2. The van der Waals surface area contributed by atoms with Gasteiger partial charge in [0.1, 0.15) is 18.7 Å².